The molecule has 0 saturated carbocycles. The SMILES string of the molecule is CCN(CCO)c1ccc(NNc2ccc(N(CC)CCCO)cc2C)c(C)c1. The standard InChI is InChI=1S/C23H36N4O2/c1-5-26(12-7-14-28)20-8-10-22(18(3)16-20)24-25-23-11-9-21(17-19(23)4)27(6-2)13-15-29/h8-11,16-17,24-25,28-29H,5-7,12-15H2,1-4H3. The third kappa shape index (κ3) is 6.27. The van der Waals surface area contributed by atoms with Gasteiger partial charge in [-0.25, -0.2) is 0 Å². The fraction of sp³-hybridized carbons (Fsp3) is 0.478. The van der Waals surface area contributed by atoms with Crippen molar-refractivity contribution in [3.63, 3.8) is 0 Å². The summed E-state index contributed by atoms with van der Waals surface area (Å²) in [5, 5.41) is 18.3. The van der Waals surface area contributed by atoms with Crippen molar-refractivity contribution in [1.82, 2.24) is 0 Å². The van der Waals surface area contributed by atoms with Gasteiger partial charge in [-0.3, -0.25) is 0 Å². The van der Waals surface area contributed by atoms with Crippen LogP contribution in [0.4, 0.5) is 22.7 Å². The Morgan fingerprint density at radius 2 is 1.21 bits per heavy atom. The summed E-state index contributed by atoms with van der Waals surface area (Å²) in [7, 11) is 0. The number of hydrogen-bond acceptors (Lipinski definition) is 6. The van der Waals surface area contributed by atoms with Gasteiger partial charge in [0.1, 0.15) is 0 Å². The number of aliphatic hydroxyl groups is 2. The predicted octanol–water partition coefficient (Wildman–Crippen LogP) is 3.77. The monoisotopic (exact) mass is 400 g/mol. The van der Waals surface area contributed by atoms with Crippen molar-refractivity contribution in [3.8, 4) is 0 Å². The van der Waals surface area contributed by atoms with Crippen molar-refractivity contribution >= 4 is 22.7 Å². The zero-order valence-corrected chi connectivity index (χ0v) is 18.2. The number of hydrazine groups is 1. The summed E-state index contributed by atoms with van der Waals surface area (Å²) >= 11 is 0. The highest BCUT2D eigenvalue weighted by Gasteiger charge is 2.08. The first kappa shape index (κ1) is 22.8. The summed E-state index contributed by atoms with van der Waals surface area (Å²) in [5.74, 6) is 0. The van der Waals surface area contributed by atoms with E-state index in [2.05, 4.69) is 84.7 Å². The van der Waals surface area contributed by atoms with E-state index in [4.69, 9.17) is 5.11 Å². The average molecular weight is 401 g/mol. The second kappa shape index (κ2) is 11.5. The Morgan fingerprint density at radius 1 is 0.724 bits per heavy atom. The van der Waals surface area contributed by atoms with Crippen LogP contribution >= 0.6 is 0 Å². The zero-order chi connectivity index (χ0) is 21.2. The molecule has 2 aromatic rings. The number of hydrogen-bond donors (Lipinski definition) is 4. The molecule has 0 atom stereocenters. The highest BCUT2D eigenvalue weighted by Crippen LogP contribution is 2.25. The Labute approximate surface area is 175 Å². The van der Waals surface area contributed by atoms with Gasteiger partial charge in [-0.2, -0.15) is 0 Å². The van der Waals surface area contributed by atoms with Crippen molar-refractivity contribution in [1.29, 1.82) is 0 Å². The lowest BCUT2D eigenvalue weighted by atomic mass is 10.1. The molecule has 0 amide bonds. The van der Waals surface area contributed by atoms with Crippen LogP contribution in [0.1, 0.15) is 31.4 Å². The topological polar surface area (TPSA) is 71.0 Å². The molecule has 0 fully saturated rings. The lowest BCUT2D eigenvalue weighted by molar-refractivity contribution is 0.289. The number of aliphatic hydroxyl groups excluding tert-OH is 2. The van der Waals surface area contributed by atoms with Gasteiger partial charge >= 0.3 is 0 Å². The van der Waals surface area contributed by atoms with E-state index in [1.165, 1.54) is 5.69 Å². The molecule has 0 heterocycles. The Balaban J connectivity index is 2.05. The van der Waals surface area contributed by atoms with E-state index in [1.807, 2.05) is 0 Å². The lowest BCUT2D eigenvalue weighted by Crippen LogP contribution is -2.26. The molecule has 0 radical (unpaired) electrons. The fourth-order valence-corrected chi connectivity index (χ4v) is 3.43. The molecular weight excluding hydrogens is 364 g/mol. The van der Waals surface area contributed by atoms with Crippen molar-refractivity contribution in [3.05, 3.63) is 47.5 Å². The maximum atomic E-state index is 9.22. The van der Waals surface area contributed by atoms with Crippen molar-refractivity contribution in [2.24, 2.45) is 0 Å². The van der Waals surface area contributed by atoms with E-state index in [1.54, 1.807) is 0 Å². The minimum atomic E-state index is 0.152. The minimum Gasteiger partial charge on any atom is -0.396 e. The van der Waals surface area contributed by atoms with Crippen LogP contribution in [0.5, 0.6) is 0 Å². The van der Waals surface area contributed by atoms with E-state index in [0.717, 1.165) is 54.2 Å². The van der Waals surface area contributed by atoms with Gasteiger partial charge in [0.15, 0.2) is 0 Å². The highest BCUT2D eigenvalue weighted by atomic mass is 16.3. The minimum absolute atomic E-state index is 0.152. The number of benzene rings is 2. The summed E-state index contributed by atoms with van der Waals surface area (Å²) in [6.45, 7) is 12.0. The van der Waals surface area contributed by atoms with Crippen LogP contribution in [0.3, 0.4) is 0 Å². The van der Waals surface area contributed by atoms with Gasteiger partial charge in [-0.15, -0.1) is 0 Å². The van der Waals surface area contributed by atoms with Crippen LogP contribution in [0, 0.1) is 13.8 Å². The van der Waals surface area contributed by atoms with Crippen molar-refractivity contribution < 1.29 is 10.2 Å². The van der Waals surface area contributed by atoms with E-state index in [-0.39, 0.29) is 13.2 Å². The van der Waals surface area contributed by atoms with E-state index in [9.17, 15) is 5.11 Å². The number of rotatable bonds is 12. The number of aryl methyl sites for hydroxylation is 2. The first-order valence-corrected chi connectivity index (χ1v) is 10.5. The molecule has 160 valence electrons. The lowest BCUT2D eigenvalue weighted by Gasteiger charge is -2.24. The molecule has 29 heavy (non-hydrogen) atoms. The molecule has 6 heteroatoms. The Hall–Kier alpha value is -2.44. The molecule has 0 saturated heterocycles. The van der Waals surface area contributed by atoms with Gasteiger partial charge < -0.3 is 30.9 Å². The van der Waals surface area contributed by atoms with Gasteiger partial charge in [-0.1, -0.05) is 0 Å². The first-order valence-electron chi connectivity index (χ1n) is 10.5. The number of anilines is 4. The molecule has 0 aliphatic rings. The van der Waals surface area contributed by atoms with Gasteiger partial charge in [0, 0.05) is 44.2 Å². The van der Waals surface area contributed by atoms with Crippen LogP contribution in [0.15, 0.2) is 36.4 Å². The summed E-state index contributed by atoms with van der Waals surface area (Å²) in [6, 6.07) is 12.7. The fourth-order valence-electron chi connectivity index (χ4n) is 3.43. The summed E-state index contributed by atoms with van der Waals surface area (Å²) in [4.78, 5) is 4.43. The molecule has 0 spiro atoms. The Bertz CT molecular complexity index is 767. The molecular formula is C23H36N4O2. The highest BCUT2D eigenvalue weighted by molar-refractivity contribution is 5.65. The normalized spacial score (nSPS) is 10.7. The molecule has 0 aliphatic carbocycles. The Morgan fingerprint density at radius 3 is 1.59 bits per heavy atom. The van der Waals surface area contributed by atoms with Crippen LogP contribution in [-0.4, -0.2) is 49.6 Å². The molecule has 6 nitrogen and oxygen atoms in total. The van der Waals surface area contributed by atoms with Gasteiger partial charge in [-0.05, 0) is 81.6 Å². The number of likely N-dealkylation sites (N-methyl/N-ethyl adjacent to an activating group) is 1. The van der Waals surface area contributed by atoms with Crippen LogP contribution < -0.4 is 20.7 Å². The largest absolute Gasteiger partial charge is 0.396 e. The van der Waals surface area contributed by atoms with E-state index < -0.39 is 0 Å². The van der Waals surface area contributed by atoms with Crippen molar-refractivity contribution in [2.75, 3.05) is 60.0 Å². The van der Waals surface area contributed by atoms with Crippen LogP contribution in [0.25, 0.3) is 0 Å². The molecule has 2 aromatic carbocycles. The second-order valence-electron chi connectivity index (χ2n) is 7.21. The number of nitrogens with zero attached hydrogens (tertiary/aromatic N) is 2. The maximum Gasteiger partial charge on any atom is 0.0606 e. The third-order valence-corrected chi connectivity index (χ3v) is 5.20. The van der Waals surface area contributed by atoms with Crippen molar-refractivity contribution in [2.45, 2.75) is 34.1 Å². The van der Waals surface area contributed by atoms with Gasteiger partial charge in [0.25, 0.3) is 0 Å². The zero-order valence-electron chi connectivity index (χ0n) is 18.2. The van der Waals surface area contributed by atoms with Gasteiger partial charge in [0.05, 0.1) is 18.0 Å². The number of nitrogens with one attached hydrogen (secondary N) is 2. The molecule has 2 rings (SSSR count). The molecule has 4 N–H and O–H groups in total. The molecule has 0 aromatic heterocycles. The average Bonchev–Trinajstić information content (AvgIpc) is 2.72. The van der Waals surface area contributed by atoms with Gasteiger partial charge in [0.2, 0.25) is 0 Å². The van der Waals surface area contributed by atoms with Crippen LogP contribution in [-0.2, 0) is 0 Å². The second-order valence-corrected chi connectivity index (χ2v) is 7.21. The molecule has 0 bridgehead atoms. The van der Waals surface area contributed by atoms with E-state index >= 15 is 0 Å². The third-order valence-electron chi connectivity index (χ3n) is 5.20. The Kier molecular flexibility index (Phi) is 9.09. The molecule has 0 aliphatic heterocycles. The predicted molar refractivity (Wildman–Crippen MR) is 124 cm³/mol. The van der Waals surface area contributed by atoms with Crippen LogP contribution in [0.2, 0.25) is 0 Å². The quantitative estimate of drug-likeness (QED) is 0.407. The first-order chi connectivity index (χ1) is 14.0. The summed E-state index contributed by atoms with van der Waals surface area (Å²) < 4.78 is 0. The summed E-state index contributed by atoms with van der Waals surface area (Å²) in [5.41, 5.74) is 13.3. The smallest absolute Gasteiger partial charge is 0.0606 e. The maximum absolute atomic E-state index is 9.22. The summed E-state index contributed by atoms with van der Waals surface area (Å²) in [6.07, 6.45) is 0.775. The molecule has 0 unspecified atom stereocenters. The van der Waals surface area contributed by atoms with E-state index in [0.29, 0.717) is 6.54 Å².